The van der Waals surface area contributed by atoms with Crippen molar-refractivity contribution in [3.8, 4) is 17.0 Å². The Balaban J connectivity index is 1.62. The minimum absolute atomic E-state index is 0.0305. The lowest BCUT2D eigenvalue weighted by Crippen LogP contribution is -2.50. The van der Waals surface area contributed by atoms with E-state index >= 15 is 0 Å². The summed E-state index contributed by atoms with van der Waals surface area (Å²) in [6, 6.07) is 7.58. The quantitative estimate of drug-likeness (QED) is 0.648. The summed E-state index contributed by atoms with van der Waals surface area (Å²) in [5, 5.41) is 9.86. The number of amides is 1. The molecular weight excluding hydrogens is 449 g/mol. The van der Waals surface area contributed by atoms with E-state index in [9.17, 15) is 14.3 Å². The summed E-state index contributed by atoms with van der Waals surface area (Å²) in [6.45, 7) is 7.52. The van der Waals surface area contributed by atoms with Crippen molar-refractivity contribution in [1.82, 2.24) is 14.8 Å². The molecular formula is C27H36FN3O4. The van der Waals surface area contributed by atoms with E-state index in [2.05, 4.69) is 23.9 Å². The van der Waals surface area contributed by atoms with Crippen LogP contribution in [0.15, 0.2) is 36.5 Å². The summed E-state index contributed by atoms with van der Waals surface area (Å²) in [7, 11) is 2.10. The third-order valence-corrected chi connectivity index (χ3v) is 7.08. The Hall–Kier alpha value is -2.55. The first-order chi connectivity index (χ1) is 16.9. The van der Waals surface area contributed by atoms with E-state index in [1.165, 1.54) is 12.1 Å². The highest BCUT2D eigenvalue weighted by Gasteiger charge is 2.34. The number of hydrogen-bond acceptors (Lipinski definition) is 6. The van der Waals surface area contributed by atoms with E-state index in [-0.39, 0.29) is 42.3 Å². The summed E-state index contributed by atoms with van der Waals surface area (Å²) in [4.78, 5) is 22.1. The van der Waals surface area contributed by atoms with Crippen LogP contribution in [0.25, 0.3) is 11.1 Å². The number of aliphatic hydroxyl groups is 1. The fourth-order valence-electron chi connectivity index (χ4n) is 4.90. The number of halogens is 1. The summed E-state index contributed by atoms with van der Waals surface area (Å²) in [5.41, 5.74) is 1.60. The second-order valence-electron chi connectivity index (χ2n) is 9.99. The monoisotopic (exact) mass is 485 g/mol. The molecule has 8 heteroatoms. The summed E-state index contributed by atoms with van der Waals surface area (Å²) >= 11 is 0. The average Bonchev–Trinajstić information content (AvgIpc) is 2.86. The lowest BCUT2D eigenvalue weighted by molar-refractivity contribution is 0.0254. The molecule has 1 aromatic carbocycles. The van der Waals surface area contributed by atoms with Gasteiger partial charge in [0.05, 0.1) is 12.6 Å². The predicted octanol–water partition coefficient (Wildman–Crippen LogP) is 3.47. The number of carbonyl (C=O) groups is 1. The minimum Gasteiger partial charge on any atom is -0.472 e. The van der Waals surface area contributed by atoms with Gasteiger partial charge in [-0.2, -0.15) is 0 Å². The van der Waals surface area contributed by atoms with Crippen LogP contribution < -0.4 is 4.74 Å². The normalized spacial score (nSPS) is 22.3. The van der Waals surface area contributed by atoms with Crippen molar-refractivity contribution in [3.63, 3.8) is 0 Å². The molecule has 0 radical (unpaired) electrons. The van der Waals surface area contributed by atoms with Gasteiger partial charge in [0.1, 0.15) is 17.5 Å². The standard InChI is InChI=1S/C27H36FN3O4/c1-18-14-31(19(2)17-32)27(33)24-12-22(21-5-4-6-23(28)11-21)13-29-26(24)35-25(18)16-30(3)15-20-7-9-34-10-8-20/h4-6,11-13,18-20,25,32H,7-10,14-17H2,1-3H3/t18-,19-,25+/m0/s1. The van der Waals surface area contributed by atoms with Crippen LogP contribution in [0.4, 0.5) is 4.39 Å². The van der Waals surface area contributed by atoms with Crippen LogP contribution >= 0.6 is 0 Å². The van der Waals surface area contributed by atoms with Crippen LogP contribution in [0.3, 0.4) is 0 Å². The van der Waals surface area contributed by atoms with Gasteiger partial charge in [0.2, 0.25) is 5.88 Å². The van der Waals surface area contributed by atoms with Crippen molar-refractivity contribution >= 4 is 5.91 Å². The number of likely N-dealkylation sites (N-methyl/N-ethyl adjacent to an activating group) is 1. The molecule has 0 spiro atoms. The summed E-state index contributed by atoms with van der Waals surface area (Å²) in [6.07, 6.45) is 3.56. The Kier molecular flexibility index (Phi) is 8.36. The molecule has 4 rings (SSSR count). The van der Waals surface area contributed by atoms with Gasteiger partial charge in [-0.3, -0.25) is 4.79 Å². The molecule has 3 heterocycles. The van der Waals surface area contributed by atoms with Gasteiger partial charge in [0, 0.05) is 50.5 Å². The smallest absolute Gasteiger partial charge is 0.259 e. The van der Waals surface area contributed by atoms with Crippen LogP contribution in [0.2, 0.25) is 0 Å². The fraction of sp³-hybridized carbons (Fsp3) is 0.556. The lowest BCUT2D eigenvalue weighted by atomic mass is 9.97. The Bertz CT molecular complexity index is 1010. The highest BCUT2D eigenvalue weighted by atomic mass is 19.1. The third kappa shape index (κ3) is 6.18. The maximum atomic E-state index is 13.8. The molecule has 2 aliphatic heterocycles. The molecule has 0 unspecified atom stereocenters. The van der Waals surface area contributed by atoms with Gasteiger partial charge in [-0.15, -0.1) is 0 Å². The van der Waals surface area contributed by atoms with E-state index in [1.54, 1.807) is 29.3 Å². The lowest BCUT2D eigenvalue weighted by Gasteiger charge is -2.38. The zero-order chi connectivity index (χ0) is 24.9. The molecule has 2 aromatic rings. The Labute approximate surface area is 206 Å². The second kappa shape index (κ2) is 11.5. The Morgan fingerprint density at radius 3 is 2.71 bits per heavy atom. The molecule has 0 bridgehead atoms. The topological polar surface area (TPSA) is 75.1 Å². The number of aromatic nitrogens is 1. The second-order valence-corrected chi connectivity index (χ2v) is 9.99. The maximum Gasteiger partial charge on any atom is 0.259 e. The van der Waals surface area contributed by atoms with Gasteiger partial charge >= 0.3 is 0 Å². The van der Waals surface area contributed by atoms with E-state index in [0.717, 1.165) is 32.6 Å². The summed E-state index contributed by atoms with van der Waals surface area (Å²) in [5.74, 6) is 0.315. The number of hydrogen-bond donors (Lipinski definition) is 1. The number of benzene rings is 1. The molecule has 2 aliphatic rings. The number of nitrogens with zero attached hydrogens (tertiary/aromatic N) is 3. The Morgan fingerprint density at radius 1 is 1.23 bits per heavy atom. The van der Waals surface area contributed by atoms with Crippen LogP contribution in [0, 0.1) is 17.7 Å². The van der Waals surface area contributed by atoms with E-state index < -0.39 is 0 Å². The molecule has 1 N–H and O–H groups in total. The first-order valence-electron chi connectivity index (χ1n) is 12.5. The van der Waals surface area contributed by atoms with Crippen molar-refractivity contribution in [1.29, 1.82) is 0 Å². The SMILES string of the molecule is C[C@H]1CN([C@@H](C)CO)C(=O)c2cc(-c3cccc(F)c3)cnc2O[C@@H]1CN(C)CC1CCOCC1. The van der Waals surface area contributed by atoms with Crippen molar-refractivity contribution in [2.24, 2.45) is 11.8 Å². The fourth-order valence-corrected chi connectivity index (χ4v) is 4.90. The van der Waals surface area contributed by atoms with Crippen molar-refractivity contribution in [2.45, 2.75) is 38.8 Å². The van der Waals surface area contributed by atoms with Crippen LogP contribution in [-0.2, 0) is 4.74 Å². The zero-order valence-corrected chi connectivity index (χ0v) is 20.8. The zero-order valence-electron chi connectivity index (χ0n) is 20.8. The third-order valence-electron chi connectivity index (χ3n) is 7.08. The van der Waals surface area contributed by atoms with Gasteiger partial charge in [-0.1, -0.05) is 19.1 Å². The number of ether oxygens (including phenoxy) is 2. The molecule has 1 aromatic heterocycles. The van der Waals surface area contributed by atoms with Gasteiger partial charge < -0.3 is 24.4 Å². The first kappa shape index (κ1) is 25.5. The number of pyridine rings is 1. The van der Waals surface area contributed by atoms with Crippen molar-refractivity contribution < 1.29 is 23.8 Å². The maximum absolute atomic E-state index is 13.8. The van der Waals surface area contributed by atoms with Crippen LogP contribution in [0.5, 0.6) is 5.88 Å². The molecule has 1 amide bonds. The van der Waals surface area contributed by atoms with E-state index in [0.29, 0.717) is 35.7 Å². The molecule has 0 saturated carbocycles. The van der Waals surface area contributed by atoms with Crippen molar-refractivity contribution in [3.05, 3.63) is 47.9 Å². The predicted molar refractivity (Wildman–Crippen MR) is 132 cm³/mol. The van der Waals surface area contributed by atoms with E-state index in [1.807, 2.05) is 6.92 Å². The largest absolute Gasteiger partial charge is 0.472 e. The van der Waals surface area contributed by atoms with Gasteiger partial charge in [0.25, 0.3) is 5.91 Å². The molecule has 1 fully saturated rings. The number of rotatable bonds is 7. The summed E-state index contributed by atoms with van der Waals surface area (Å²) < 4.78 is 25.7. The minimum atomic E-state index is -0.353. The van der Waals surface area contributed by atoms with Gasteiger partial charge in [0.15, 0.2) is 0 Å². The Morgan fingerprint density at radius 2 is 2.00 bits per heavy atom. The molecule has 7 nitrogen and oxygen atoms in total. The molecule has 1 saturated heterocycles. The highest BCUT2D eigenvalue weighted by molar-refractivity contribution is 5.98. The number of aliphatic hydroxyl groups excluding tert-OH is 1. The number of fused-ring (bicyclic) bond motifs is 1. The van der Waals surface area contributed by atoms with Gasteiger partial charge in [-0.25, -0.2) is 9.37 Å². The molecule has 3 atom stereocenters. The van der Waals surface area contributed by atoms with Crippen LogP contribution in [-0.4, -0.2) is 84.4 Å². The first-order valence-corrected chi connectivity index (χ1v) is 12.5. The number of carbonyl (C=O) groups excluding carboxylic acids is 1. The average molecular weight is 486 g/mol. The molecule has 0 aliphatic carbocycles. The molecule has 190 valence electrons. The van der Waals surface area contributed by atoms with Gasteiger partial charge in [-0.05, 0) is 56.5 Å². The highest BCUT2D eigenvalue weighted by Crippen LogP contribution is 2.30. The van der Waals surface area contributed by atoms with Crippen LogP contribution in [0.1, 0.15) is 37.0 Å². The molecule has 35 heavy (non-hydrogen) atoms. The van der Waals surface area contributed by atoms with E-state index in [4.69, 9.17) is 9.47 Å². The van der Waals surface area contributed by atoms with Crippen molar-refractivity contribution in [2.75, 3.05) is 46.5 Å².